The predicted octanol–water partition coefficient (Wildman–Crippen LogP) is 1.51. The van der Waals surface area contributed by atoms with Gasteiger partial charge in [-0.1, -0.05) is 25.7 Å². The molecule has 1 aromatic rings. The van der Waals surface area contributed by atoms with Crippen LogP contribution in [0.1, 0.15) is 20.7 Å². The molecule has 19 heavy (non-hydrogen) atoms. The second-order valence-corrected chi connectivity index (χ2v) is 10.2. The van der Waals surface area contributed by atoms with E-state index in [0.29, 0.717) is 0 Å². The summed E-state index contributed by atoms with van der Waals surface area (Å²) in [4.78, 5) is 23.7. The highest BCUT2D eigenvalue weighted by Gasteiger charge is 2.31. The molecule has 0 heterocycles. The zero-order chi connectivity index (χ0) is 14.8. The number of hydrogen-bond donors (Lipinski definition) is 1. The number of carbonyl (C=O) groups is 2. The molecule has 0 saturated carbocycles. The Balaban J connectivity index is 3.70. The van der Waals surface area contributed by atoms with E-state index in [9.17, 15) is 14.7 Å². The Bertz CT molecular complexity index is 517. The summed E-state index contributed by atoms with van der Waals surface area (Å²) in [5, 5.41) is 10.6. The van der Waals surface area contributed by atoms with Gasteiger partial charge in [-0.05, 0) is 11.3 Å². The molecule has 6 heteroatoms. The summed E-state index contributed by atoms with van der Waals surface area (Å²) in [6.45, 7) is 6.10. The van der Waals surface area contributed by atoms with Gasteiger partial charge >= 0.3 is 11.9 Å². The van der Waals surface area contributed by atoms with Gasteiger partial charge in [-0.15, -0.1) is 0 Å². The van der Waals surface area contributed by atoms with Crippen LogP contribution in [0.4, 0.5) is 0 Å². The van der Waals surface area contributed by atoms with Crippen molar-refractivity contribution < 1.29 is 24.2 Å². The first-order chi connectivity index (χ1) is 8.73. The third-order valence-corrected chi connectivity index (χ3v) is 4.80. The minimum Gasteiger partial charge on any atom is -0.507 e. The molecule has 0 aliphatic heterocycles. The Morgan fingerprint density at radius 1 is 1.00 bits per heavy atom. The van der Waals surface area contributed by atoms with Crippen molar-refractivity contribution in [2.24, 2.45) is 0 Å². The monoisotopic (exact) mass is 282 g/mol. The number of ether oxygens (including phenoxy) is 2. The summed E-state index contributed by atoms with van der Waals surface area (Å²) < 4.78 is 9.36. The summed E-state index contributed by atoms with van der Waals surface area (Å²) in [5.74, 6) is -1.68. The second kappa shape index (κ2) is 5.44. The van der Waals surface area contributed by atoms with Crippen molar-refractivity contribution in [3.63, 3.8) is 0 Å². The maximum absolute atomic E-state index is 12.0. The van der Waals surface area contributed by atoms with E-state index < -0.39 is 20.0 Å². The molecule has 104 valence electrons. The second-order valence-electron chi connectivity index (χ2n) is 5.12. The Hall–Kier alpha value is -1.82. The Kier molecular flexibility index (Phi) is 4.36. The van der Waals surface area contributed by atoms with Gasteiger partial charge in [-0.25, -0.2) is 9.59 Å². The molecule has 5 nitrogen and oxygen atoms in total. The van der Waals surface area contributed by atoms with E-state index in [1.54, 1.807) is 6.07 Å². The van der Waals surface area contributed by atoms with Crippen LogP contribution in [0, 0.1) is 0 Å². The van der Waals surface area contributed by atoms with Crippen molar-refractivity contribution in [3.8, 4) is 5.75 Å². The molecule has 1 aromatic carbocycles. The van der Waals surface area contributed by atoms with Crippen LogP contribution >= 0.6 is 0 Å². The molecular weight excluding hydrogens is 264 g/mol. The highest BCUT2D eigenvalue weighted by molar-refractivity contribution is 6.89. The molecule has 0 aromatic heterocycles. The van der Waals surface area contributed by atoms with Crippen molar-refractivity contribution in [2.75, 3.05) is 14.2 Å². The minimum absolute atomic E-state index is 0.105. The Labute approximate surface area is 113 Å². The van der Waals surface area contributed by atoms with E-state index in [2.05, 4.69) is 4.74 Å². The fourth-order valence-electron chi connectivity index (χ4n) is 1.84. The largest absolute Gasteiger partial charge is 0.507 e. The van der Waals surface area contributed by atoms with Crippen LogP contribution in [0.25, 0.3) is 0 Å². The van der Waals surface area contributed by atoms with Crippen LogP contribution in [-0.2, 0) is 9.47 Å². The van der Waals surface area contributed by atoms with Gasteiger partial charge in [0.2, 0.25) is 0 Å². The topological polar surface area (TPSA) is 72.8 Å². The molecule has 0 saturated heterocycles. The fourth-order valence-corrected chi connectivity index (χ4v) is 3.40. The van der Waals surface area contributed by atoms with E-state index in [-0.39, 0.29) is 16.9 Å². The van der Waals surface area contributed by atoms with Crippen LogP contribution in [-0.4, -0.2) is 39.3 Å². The number of phenolic OH excluding ortho intramolecular Hbond substituents is 1. The molecule has 0 atom stereocenters. The van der Waals surface area contributed by atoms with Gasteiger partial charge in [0.05, 0.1) is 27.9 Å². The molecule has 0 aliphatic carbocycles. The molecule has 0 spiro atoms. The van der Waals surface area contributed by atoms with Crippen LogP contribution in [0.15, 0.2) is 12.1 Å². The maximum Gasteiger partial charge on any atom is 0.342 e. The zero-order valence-electron chi connectivity index (χ0n) is 11.7. The molecular formula is C13H18O5Si. The average molecular weight is 282 g/mol. The Morgan fingerprint density at radius 2 is 1.47 bits per heavy atom. The lowest BCUT2D eigenvalue weighted by Crippen LogP contribution is -2.42. The van der Waals surface area contributed by atoms with E-state index in [1.165, 1.54) is 20.3 Å². The van der Waals surface area contributed by atoms with Crippen LogP contribution in [0.3, 0.4) is 0 Å². The van der Waals surface area contributed by atoms with Crippen LogP contribution in [0.2, 0.25) is 19.6 Å². The van der Waals surface area contributed by atoms with Gasteiger partial charge in [0, 0.05) is 0 Å². The van der Waals surface area contributed by atoms with E-state index in [4.69, 9.17) is 4.74 Å². The van der Waals surface area contributed by atoms with Gasteiger partial charge in [0.1, 0.15) is 11.3 Å². The minimum atomic E-state index is -1.89. The highest BCUT2D eigenvalue weighted by Crippen LogP contribution is 2.23. The molecule has 0 radical (unpaired) electrons. The van der Waals surface area contributed by atoms with Gasteiger partial charge in [-0.3, -0.25) is 0 Å². The van der Waals surface area contributed by atoms with E-state index in [1.807, 2.05) is 19.6 Å². The number of esters is 2. The first-order valence-corrected chi connectivity index (χ1v) is 9.27. The number of methoxy groups -OCH3 is 2. The average Bonchev–Trinajstić information content (AvgIpc) is 2.34. The van der Waals surface area contributed by atoms with Gasteiger partial charge in [0.25, 0.3) is 0 Å². The molecule has 1 N–H and O–H groups in total. The van der Waals surface area contributed by atoms with Crippen molar-refractivity contribution in [2.45, 2.75) is 19.6 Å². The third-order valence-electron chi connectivity index (χ3n) is 2.77. The number of hydrogen-bond acceptors (Lipinski definition) is 5. The maximum atomic E-state index is 12.0. The number of rotatable bonds is 3. The van der Waals surface area contributed by atoms with Crippen molar-refractivity contribution in [3.05, 3.63) is 23.3 Å². The number of aromatic hydroxyl groups is 1. The number of phenols is 1. The van der Waals surface area contributed by atoms with Crippen molar-refractivity contribution in [1.82, 2.24) is 0 Å². The lowest BCUT2D eigenvalue weighted by molar-refractivity contribution is 0.0553. The smallest absolute Gasteiger partial charge is 0.342 e. The molecule has 1 rings (SSSR count). The van der Waals surface area contributed by atoms with Crippen molar-refractivity contribution in [1.29, 1.82) is 0 Å². The van der Waals surface area contributed by atoms with E-state index >= 15 is 0 Å². The lowest BCUT2D eigenvalue weighted by atomic mass is 10.1. The number of carbonyl (C=O) groups excluding carboxylic acids is 2. The van der Waals surface area contributed by atoms with Gasteiger partial charge < -0.3 is 14.6 Å². The zero-order valence-corrected chi connectivity index (χ0v) is 12.7. The van der Waals surface area contributed by atoms with Crippen LogP contribution < -0.4 is 5.19 Å². The summed E-state index contributed by atoms with van der Waals surface area (Å²) >= 11 is 0. The van der Waals surface area contributed by atoms with E-state index in [0.717, 1.165) is 5.19 Å². The van der Waals surface area contributed by atoms with Crippen molar-refractivity contribution >= 4 is 25.2 Å². The molecule has 0 unspecified atom stereocenters. The first-order valence-electron chi connectivity index (χ1n) is 5.77. The molecule has 0 amide bonds. The third kappa shape index (κ3) is 2.95. The molecule has 0 bridgehead atoms. The summed E-state index contributed by atoms with van der Waals surface area (Å²) in [6.07, 6.45) is 0. The molecule has 0 aliphatic rings. The highest BCUT2D eigenvalue weighted by atomic mass is 28.3. The van der Waals surface area contributed by atoms with Gasteiger partial charge in [-0.2, -0.15) is 0 Å². The standard InChI is InChI=1S/C13H18O5Si/c1-17-12(15)10-8(14)6-7-9(19(3,4)5)11(10)13(16)18-2/h6-7,14H,1-5H3. The van der Waals surface area contributed by atoms with Crippen LogP contribution in [0.5, 0.6) is 5.75 Å². The molecule has 0 fully saturated rings. The summed E-state index contributed by atoms with van der Waals surface area (Å²) in [7, 11) is 0.546. The number of benzene rings is 1. The quantitative estimate of drug-likeness (QED) is 0.672. The Morgan fingerprint density at radius 3 is 1.89 bits per heavy atom. The summed E-state index contributed by atoms with van der Waals surface area (Å²) in [5.41, 5.74) is -0.0252. The van der Waals surface area contributed by atoms with Gasteiger partial charge in [0.15, 0.2) is 0 Å². The first kappa shape index (κ1) is 15.2. The lowest BCUT2D eigenvalue weighted by Gasteiger charge is -2.22. The summed E-state index contributed by atoms with van der Waals surface area (Å²) in [6, 6.07) is 3.08. The fraction of sp³-hybridized carbons (Fsp3) is 0.385. The normalized spacial score (nSPS) is 11.0. The SMILES string of the molecule is COC(=O)c1c(O)ccc([Si](C)(C)C)c1C(=O)OC. The predicted molar refractivity (Wildman–Crippen MR) is 73.8 cm³/mol.